The number of rotatable bonds is 1. The first-order chi connectivity index (χ1) is 5.47. The highest BCUT2D eigenvalue weighted by Crippen LogP contribution is 2.14. The summed E-state index contributed by atoms with van der Waals surface area (Å²) < 4.78 is 1.91. The highest BCUT2D eigenvalue weighted by atomic mass is 35.5. The van der Waals surface area contributed by atoms with Crippen LogP contribution in [0.4, 0.5) is 0 Å². The van der Waals surface area contributed by atoms with Gasteiger partial charge in [0.15, 0.2) is 0 Å². The molecule has 0 spiro atoms. The minimum atomic E-state index is 0. The number of hydrogen-bond donors (Lipinski definition) is 0. The summed E-state index contributed by atoms with van der Waals surface area (Å²) in [5, 5.41) is 12.0. The van der Waals surface area contributed by atoms with E-state index in [4.69, 9.17) is 0 Å². The Labute approximate surface area is 77.7 Å². The highest BCUT2D eigenvalue weighted by Gasteiger charge is 2.15. The summed E-state index contributed by atoms with van der Waals surface area (Å²) >= 11 is 0. The van der Waals surface area contributed by atoms with Crippen LogP contribution in [0.2, 0.25) is 0 Å². The van der Waals surface area contributed by atoms with Crippen LogP contribution in [-0.4, -0.2) is 28.1 Å². The van der Waals surface area contributed by atoms with Crippen molar-refractivity contribution in [3.05, 3.63) is 12.4 Å². The third-order valence-electron chi connectivity index (χ3n) is 2.01. The lowest BCUT2D eigenvalue weighted by Crippen LogP contribution is -2.27. The summed E-state index contributed by atoms with van der Waals surface area (Å²) in [6.45, 7) is 1.93. The molecular weight excluding hydrogens is 176 g/mol. The number of nitrogens with zero attached hydrogens (tertiary/aromatic N) is 4. The predicted octanol–water partition coefficient (Wildman–Crippen LogP) is 0.639. The van der Waals surface area contributed by atoms with E-state index in [2.05, 4.69) is 15.6 Å². The van der Waals surface area contributed by atoms with Crippen molar-refractivity contribution in [1.82, 2.24) is 20.3 Å². The van der Waals surface area contributed by atoms with Crippen LogP contribution in [0.1, 0.15) is 18.9 Å². The highest BCUT2D eigenvalue weighted by molar-refractivity contribution is 5.85. The second-order valence-corrected chi connectivity index (χ2v) is 2.81. The summed E-state index contributed by atoms with van der Waals surface area (Å²) in [4.78, 5) is 0. The molecule has 0 bridgehead atoms. The molecule has 4 nitrogen and oxygen atoms in total. The zero-order chi connectivity index (χ0) is 7.52. The third-order valence-corrected chi connectivity index (χ3v) is 2.01. The van der Waals surface area contributed by atoms with E-state index < -0.39 is 0 Å². The van der Waals surface area contributed by atoms with Gasteiger partial charge in [-0.3, -0.25) is 0 Å². The Hall–Kier alpha value is -0.610. The van der Waals surface area contributed by atoms with Gasteiger partial charge >= 0.3 is 0 Å². The van der Waals surface area contributed by atoms with Gasteiger partial charge in [-0.15, -0.1) is 17.5 Å². The number of aromatic nitrogens is 3. The maximum absolute atomic E-state index is 4.33. The van der Waals surface area contributed by atoms with E-state index in [0.717, 1.165) is 13.1 Å². The van der Waals surface area contributed by atoms with Crippen LogP contribution in [0.5, 0.6) is 0 Å². The van der Waals surface area contributed by atoms with Crippen molar-refractivity contribution in [1.29, 1.82) is 0 Å². The minimum Gasteiger partial charge on any atom is -0.248 e. The Balaban J connectivity index is 0.000000720. The van der Waals surface area contributed by atoms with Gasteiger partial charge in [0.05, 0.1) is 12.2 Å². The van der Waals surface area contributed by atoms with Gasteiger partial charge in [0, 0.05) is 19.3 Å². The Morgan fingerprint density at radius 3 is 2.92 bits per heavy atom. The van der Waals surface area contributed by atoms with E-state index >= 15 is 0 Å². The van der Waals surface area contributed by atoms with E-state index in [0.29, 0.717) is 6.04 Å². The van der Waals surface area contributed by atoms with E-state index in [1.807, 2.05) is 10.9 Å². The summed E-state index contributed by atoms with van der Waals surface area (Å²) in [6, 6.07) is 0.464. The van der Waals surface area contributed by atoms with Crippen molar-refractivity contribution in [2.24, 2.45) is 0 Å². The number of hydrogen-bond acceptors (Lipinski definition) is 2. The fourth-order valence-electron chi connectivity index (χ4n) is 1.40. The second-order valence-electron chi connectivity index (χ2n) is 2.81. The molecule has 0 amide bonds. The second kappa shape index (κ2) is 4.42. The van der Waals surface area contributed by atoms with Gasteiger partial charge in [-0.25, -0.2) is 10.00 Å². The average Bonchev–Trinajstić information content (AvgIpc) is 2.58. The van der Waals surface area contributed by atoms with Gasteiger partial charge < -0.3 is 0 Å². The van der Waals surface area contributed by atoms with Gasteiger partial charge in [-0.1, -0.05) is 5.21 Å². The topological polar surface area (TPSA) is 44.8 Å². The Bertz CT molecular complexity index is 205. The Morgan fingerprint density at radius 1 is 1.42 bits per heavy atom. The van der Waals surface area contributed by atoms with Crippen molar-refractivity contribution in [3.8, 4) is 0 Å². The molecular formula is C7H12ClN4. The van der Waals surface area contributed by atoms with Gasteiger partial charge in [0.2, 0.25) is 0 Å². The van der Waals surface area contributed by atoms with Crippen LogP contribution in [0, 0.1) is 0 Å². The van der Waals surface area contributed by atoms with Gasteiger partial charge in [-0.05, 0) is 12.8 Å². The quantitative estimate of drug-likeness (QED) is 0.648. The van der Waals surface area contributed by atoms with Crippen LogP contribution in [0.3, 0.4) is 0 Å². The molecule has 1 aliphatic heterocycles. The molecule has 1 unspecified atom stereocenters. The van der Waals surface area contributed by atoms with Crippen molar-refractivity contribution in [2.75, 3.05) is 13.1 Å². The fraction of sp³-hybridized carbons (Fsp3) is 0.714. The van der Waals surface area contributed by atoms with E-state index in [1.165, 1.54) is 12.8 Å². The molecule has 12 heavy (non-hydrogen) atoms. The molecule has 1 fully saturated rings. The molecule has 2 rings (SSSR count). The molecule has 0 N–H and O–H groups in total. The largest absolute Gasteiger partial charge is 0.248 e. The predicted molar refractivity (Wildman–Crippen MR) is 47.4 cm³/mol. The first-order valence-corrected chi connectivity index (χ1v) is 3.96. The molecule has 1 radical (unpaired) electrons. The normalized spacial score (nSPS) is 23.2. The first kappa shape index (κ1) is 9.48. The van der Waals surface area contributed by atoms with Gasteiger partial charge in [0.1, 0.15) is 0 Å². The molecule has 1 saturated heterocycles. The van der Waals surface area contributed by atoms with Crippen LogP contribution >= 0.6 is 12.4 Å². The molecule has 0 aliphatic carbocycles. The van der Waals surface area contributed by atoms with Crippen LogP contribution < -0.4 is 5.32 Å². The summed E-state index contributed by atoms with van der Waals surface area (Å²) in [5.41, 5.74) is 0. The molecule has 1 aromatic heterocycles. The molecule has 0 aromatic carbocycles. The average molecular weight is 188 g/mol. The monoisotopic (exact) mass is 187 g/mol. The summed E-state index contributed by atoms with van der Waals surface area (Å²) in [7, 11) is 0. The lowest BCUT2D eigenvalue weighted by molar-refractivity contribution is 0.337. The molecule has 5 heteroatoms. The number of halogens is 1. The van der Waals surface area contributed by atoms with Crippen LogP contribution in [-0.2, 0) is 0 Å². The van der Waals surface area contributed by atoms with Crippen molar-refractivity contribution >= 4 is 12.4 Å². The minimum absolute atomic E-state index is 0. The SMILES string of the molecule is Cl.c1cn(C2CCC[N]C2)nn1. The standard InChI is InChI=1S/C7H11N4.ClH/c1-2-7(6-8-3-1)11-5-4-9-10-11;/h4-5,7H,1-3,6H2;1H. The zero-order valence-electron chi connectivity index (χ0n) is 6.76. The molecule has 1 aliphatic rings. The third kappa shape index (κ3) is 1.95. The summed E-state index contributed by atoms with van der Waals surface area (Å²) in [5.74, 6) is 0. The lowest BCUT2D eigenvalue weighted by atomic mass is 10.1. The maximum atomic E-state index is 4.33. The van der Waals surface area contributed by atoms with Crippen molar-refractivity contribution < 1.29 is 0 Å². The fourth-order valence-corrected chi connectivity index (χ4v) is 1.40. The van der Waals surface area contributed by atoms with Crippen LogP contribution in [0.15, 0.2) is 12.4 Å². The van der Waals surface area contributed by atoms with Crippen LogP contribution in [0.25, 0.3) is 0 Å². The van der Waals surface area contributed by atoms with Crippen molar-refractivity contribution in [2.45, 2.75) is 18.9 Å². The van der Waals surface area contributed by atoms with E-state index in [1.54, 1.807) is 6.20 Å². The lowest BCUT2D eigenvalue weighted by Gasteiger charge is -2.20. The molecule has 2 heterocycles. The van der Waals surface area contributed by atoms with Gasteiger partial charge in [0.25, 0.3) is 0 Å². The molecule has 0 saturated carbocycles. The number of piperidine rings is 1. The summed E-state index contributed by atoms with van der Waals surface area (Å²) in [6.07, 6.45) is 6.00. The zero-order valence-corrected chi connectivity index (χ0v) is 7.57. The first-order valence-electron chi connectivity index (χ1n) is 3.96. The Kier molecular flexibility index (Phi) is 3.49. The maximum Gasteiger partial charge on any atom is 0.0693 e. The Morgan fingerprint density at radius 2 is 2.33 bits per heavy atom. The smallest absolute Gasteiger partial charge is 0.0693 e. The van der Waals surface area contributed by atoms with Crippen molar-refractivity contribution in [3.63, 3.8) is 0 Å². The van der Waals surface area contributed by atoms with E-state index in [9.17, 15) is 0 Å². The molecule has 1 atom stereocenters. The van der Waals surface area contributed by atoms with Gasteiger partial charge in [-0.2, -0.15) is 0 Å². The molecule has 67 valence electrons. The molecule has 1 aromatic rings. The van der Waals surface area contributed by atoms with E-state index in [-0.39, 0.29) is 12.4 Å².